The Morgan fingerprint density at radius 1 is 0.882 bits per heavy atom. The van der Waals surface area contributed by atoms with E-state index in [-0.39, 0.29) is 11.0 Å². The van der Waals surface area contributed by atoms with E-state index in [1.165, 1.54) is 0 Å². The zero-order valence-corrected chi connectivity index (χ0v) is 8.63. The smallest absolute Gasteiger partial charge is 0.335 e. The van der Waals surface area contributed by atoms with Gasteiger partial charge in [-0.1, -0.05) is 0 Å². The van der Waals surface area contributed by atoms with Gasteiger partial charge in [0.1, 0.15) is 24.4 Å². The lowest BCUT2D eigenvalue weighted by Crippen LogP contribution is -2.51. The quantitative estimate of drug-likeness (QED) is 0.243. The molecule has 0 aliphatic rings. The predicted octanol–water partition coefficient (Wildman–Crippen LogP) is -5.78. The largest absolute Gasteiger partial charge is 0.479 e. The van der Waals surface area contributed by atoms with Crippen molar-refractivity contribution in [3.8, 4) is 0 Å². The van der Waals surface area contributed by atoms with E-state index in [9.17, 15) is 4.79 Å². The molecule has 0 fully saturated rings. The van der Waals surface area contributed by atoms with Gasteiger partial charge in [0.25, 0.3) is 0 Å². The van der Waals surface area contributed by atoms with Crippen molar-refractivity contribution >= 4 is 5.97 Å². The zero-order chi connectivity index (χ0) is 12.2. The Morgan fingerprint density at radius 3 is 1.59 bits per heavy atom. The van der Waals surface area contributed by atoms with E-state index in [2.05, 4.69) is 0 Å². The van der Waals surface area contributed by atoms with Crippen molar-refractivity contribution in [3.63, 3.8) is 0 Å². The highest BCUT2D eigenvalue weighted by molar-refractivity contribution is 5.72. The number of rotatable bonds is 6. The van der Waals surface area contributed by atoms with Crippen LogP contribution in [0, 0.1) is 0 Å². The van der Waals surface area contributed by atoms with E-state index >= 15 is 0 Å². The standard InChI is InChI=1S/C7H14O8.2H2O/c8-1-2(9)3(10)4(11)5(12)6(13)7(14)15;;/h2-6,8-13H,1H2,(H,14,15);2*1H2/t2-,3+,4-,5-,6-;;/m1../s1. The van der Waals surface area contributed by atoms with Crippen LogP contribution in [0.1, 0.15) is 0 Å². The van der Waals surface area contributed by atoms with Gasteiger partial charge in [-0.3, -0.25) is 0 Å². The summed E-state index contributed by atoms with van der Waals surface area (Å²) in [6.07, 6.45) is -10.2. The zero-order valence-electron chi connectivity index (χ0n) is 8.63. The average Bonchev–Trinajstić information content (AvgIpc) is 2.23. The first kappa shape index (κ1) is 21.4. The molecule has 0 saturated carbocycles. The third-order valence-corrected chi connectivity index (χ3v) is 1.86. The first-order chi connectivity index (χ1) is 6.82. The topological polar surface area (TPSA) is 222 Å². The Balaban J connectivity index is -0.000000980. The van der Waals surface area contributed by atoms with Crippen molar-refractivity contribution in [1.82, 2.24) is 0 Å². The summed E-state index contributed by atoms with van der Waals surface area (Å²) in [7, 11) is 0. The summed E-state index contributed by atoms with van der Waals surface area (Å²) in [6, 6.07) is 0. The molecule has 0 unspecified atom stereocenters. The normalized spacial score (nSPS) is 18.9. The van der Waals surface area contributed by atoms with E-state index in [4.69, 9.17) is 35.7 Å². The Labute approximate surface area is 95.6 Å². The molecular formula is C7H18O10. The third-order valence-electron chi connectivity index (χ3n) is 1.86. The molecule has 0 amide bonds. The molecule has 0 aliphatic heterocycles. The Hall–Kier alpha value is -0.850. The number of carboxylic acid groups (broad SMARTS) is 1. The molecule has 0 rings (SSSR count). The van der Waals surface area contributed by atoms with Crippen molar-refractivity contribution in [3.05, 3.63) is 0 Å². The number of aliphatic hydroxyl groups excluding tert-OH is 6. The maximum atomic E-state index is 10.2. The number of carboxylic acids is 1. The van der Waals surface area contributed by atoms with Gasteiger partial charge in [-0.25, -0.2) is 4.79 Å². The van der Waals surface area contributed by atoms with Crippen LogP contribution in [0.2, 0.25) is 0 Å². The van der Waals surface area contributed by atoms with E-state index in [0.717, 1.165) is 0 Å². The van der Waals surface area contributed by atoms with Crippen LogP contribution < -0.4 is 0 Å². The lowest BCUT2D eigenvalue weighted by Gasteiger charge is -2.26. The van der Waals surface area contributed by atoms with Crippen LogP contribution in [0.25, 0.3) is 0 Å². The summed E-state index contributed by atoms with van der Waals surface area (Å²) in [5.74, 6) is -1.78. The van der Waals surface area contributed by atoms with Gasteiger partial charge in [0, 0.05) is 0 Å². The lowest BCUT2D eigenvalue weighted by atomic mass is 9.99. The molecule has 0 spiro atoms. The fourth-order valence-electron chi connectivity index (χ4n) is 0.870. The number of carbonyl (C=O) groups is 1. The molecule has 0 aliphatic carbocycles. The molecule has 0 heterocycles. The SMILES string of the molecule is O.O.O=C(O)[C@H](O)[C@H](O)[C@H](O)[C@@H](O)[C@H](O)CO. The molecular weight excluding hydrogens is 244 g/mol. The average molecular weight is 262 g/mol. The van der Waals surface area contributed by atoms with E-state index in [0.29, 0.717) is 0 Å². The minimum Gasteiger partial charge on any atom is -0.479 e. The Morgan fingerprint density at radius 2 is 1.29 bits per heavy atom. The van der Waals surface area contributed by atoms with Crippen molar-refractivity contribution in [2.24, 2.45) is 0 Å². The Kier molecular flexibility index (Phi) is 11.6. The fourth-order valence-corrected chi connectivity index (χ4v) is 0.870. The van der Waals surface area contributed by atoms with Gasteiger partial charge in [-0.2, -0.15) is 0 Å². The monoisotopic (exact) mass is 262 g/mol. The highest BCUT2D eigenvalue weighted by atomic mass is 16.4. The van der Waals surface area contributed by atoms with Crippen LogP contribution in [0.15, 0.2) is 0 Å². The molecule has 11 N–H and O–H groups in total. The number of hydrogen-bond donors (Lipinski definition) is 7. The molecule has 0 aromatic rings. The number of aliphatic hydroxyl groups is 6. The molecule has 0 radical (unpaired) electrons. The predicted molar refractivity (Wildman–Crippen MR) is 52.0 cm³/mol. The highest BCUT2D eigenvalue weighted by Gasteiger charge is 2.36. The van der Waals surface area contributed by atoms with Gasteiger partial charge in [0.05, 0.1) is 6.61 Å². The molecule has 0 bridgehead atoms. The molecule has 10 nitrogen and oxygen atoms in total. The van der Waals surface area contributed by atoms with Gasteiger partial charge in [-0.05, 0) is 0 Å². The van der Waals surface area contributed by atoms with Crippen LogP contribution in [0.5, 0.6) is 0 Å². The Bertz CT molecular complexity index is 209. The molecule has 0 saturated heterocycles. The number of hydrogen-bond acceptors (Lipinski definition) is 7. The molecule has 5 atom stereocenters. The van der Waals surface area contributed by atoms with Crippen LogP contribution in [0.4, 0.5) is 0 Å². The maximum Gasteiger partial charge on any atom is 0.335 e. The molecule has 10 heteroatoms. The second kappa shape index (κ2) is 9.21. The number of aliphatic carboxylic acids is 1. The summed E-state index contributed by atoms with van der Waals surface area (Å²) in [4.78, 5) is 10.2. The van der Waals surface area contributed by atoms with Gasteiger partial charge in [-0.15, -0.1) is 0 Å². The van der Waals surface area contributed by atoms with Gasteiger partial charge in [0.2, 0.25) is 0 Å². The summed E-state index contributed by atoms with van der Waals surface area (Å²) >= 11 is 0. The van der Waals surface area contributed by atoms with Crippen LogP contribution in [-0.2, 0) is 4.79 Å². The van der Waals surface area contributed by atoms with Gasteiger partial charge in [0.15, 0.2) is 6.10 Å². The van der Waals surface area contributed by atoms with Crippen molar-refractivity contribution in [2.45, 2.75) is 30.5 Å². The summed E-state index contributed by atoms with van der Waals surface area (Å²) in [6.45, 7) is -0.881. The lowest BCUT2D eigenvalue weighted by molar-refractivity contribution is -0.169. The first-order valence-electron chi connectivity index (χ1n) is 4.07. The van der Waals surface area contributed by atoms with Crippen molar-refractivity contribution in [1.29, 1.82) is 0 Å². The summed E-state index contributed by atoms with van der Waals surface area (Å²) in [5, 5.41) is 61.5. The molecule has 0 aromatic carbocycles. The molecule has 0 aromatic heterocycles. The summed E-state index contributed by atoms with van der Waals surface area (Å²) < 4.78 is 0. The van der Waals surface area contributed by atoms with Crippen LogP contribution >= 0.6 is 0 Å². The van der Waals surface area contributed by atoms with Crippen molar-refractivity contribution in [2.75, 3.05) is 6.61 Å². The fraction of sp³-hybridized carbons (Fsp3) is 0.857. The van der Waals surface area contributed by atoms with E-state index in [1.807, 2.05) is 0 Å². The minimum atomic E-state index is -2.29. The van der Waals surface area contributed by atoms with Gasteiger partial charge < -0.3 is 46.7 Å². The van der Waals surface area contributed by atoms with Gasteiger partial charge >= 0.3 is 5.97 Å². The highest BCUT2D eigenvalue weighted by Crippen LogP contribution is 2.08. The van der Waals surface area contributed by atoms with Crippen LogP contribution in [-0.4, -0.2) is 89.8 Å². The third kappa shape index (κ3) is 5.86. The van der Waals surface area contributed by atoms with E-state index < -0.39 is 43.1 Å². The van der Waals surface area contributed by atoms with Crippen molar-refractivity contribution < 1.29 is 51.5 Å². The second-order valence-corrected chi connectivity index (χ2v) is 3.00. The van der Waals surface area contributed by atoms with E-state index in [1.54, 1.807) is 0 Å². The summed E-state index contributed by atoms with van der Waals surface area (Å²) in [5.41, 5.74) is 0. The van der Waals surface area contributed by atoms with Crippen LogP contribution in [0.3, 0.4) is 0 Å². The molecule has 106 valence electrons. The second-order valence-electron chi connectivity index (χ2n) is 3.00. The first-order valence-corrected chi connectivity index (χ1v) is 4.07. The maximum absolute atomic E-state index is 10.2. The molecule has 17 heavy (non-hydrogen) atoms. The minimum absolute atomic E-state index is 0.